The van der Waals surface area contributed by atoms with Crippen molar-refractivity contribution < 1.29 is 5.11 Å². The quantitative estimate of drug-likeness (QED) is 0.812. The zero-order valence-electron chi connectivity index (χ0n) is 11.7. The van der Waals surface area contributed by atoms with Gasteiger partial charge in [0.15, 0.2) is 5.82 Å². The highest BCUT2D eigenvalue weighted by Gasteiger charge is 2.38. The maximum atomic E-state index is 10.4. The largest absolute Gasteiger partial charge is 0.493 e. The first kappa shape index (κ1) is 13.1. The first-order chi connectivity index (χ1) is 10.3. The second kappa shape index (κ2) is 5.30. The number of fused-ring (bicyclic) bond motifs is 3. The lowest BCUT2D eigenvalue weighted by Gasteiger charge is -2.15. The molecule has 2 atom stereocenters. The Labute approximate surface area is 128 Å². The highest BCUT2D eigenvalue weighted by Crippen LogP contribution is 2.52. The van der Waals surface area contributed by atoms with Crippen molar-refractivity contribution in [1.82, 2.24) is 15.0 Å². The van der Waals surface area contributed by atoms with E-state index < -0.39 is 0 Å². The van der Waals surface area contributed by atoms with Gasteiger partial charge in [-0.3, -0.25) is 4.98 Å². The number of pyridine rings is 1. The van der Waals surface area contributed by atoms with Gasteiger partial charge in [-0.05, 0) is 25.0 Å². The Kier molecular flexibility index (Phi) is 3.30. The van der Waals surface area contributed by atoms with Crippen molar-refractivity contribution in [3.63, 3.8) is 0 Å². The second-order valence-electron chi connectivity index (χ2n) is 5.73. The third kappa shape index (κ3) is 2.29. The van der Waals surface area contributed by atoms with Crippen LogP contribution < -0.4 is 0 Å². The first-order valence-electron chi connectivity index (χ1n) is 7.51. The van der Waals surface area contributed by atoms with Crippen LogP contribution >= 0.6 is 11.8 Å². The van der Waals surface area contributed by atoms with E-state index in [1.165, 1.54) is 25.7 Å². The molecule has 108 valence electrons. The van der Waals surface area contributed by atoms with Crippen molar-refractivity contribution in [2.24, 2.45) is 0 Å². The fourth-order valence-corrected chi connectivity index (χ4v) is 4.89. The Balaban J connectivity index is 1.77. The van der Waals surface area contributed by atoms with Crippen LogP contribution in [0.4, 0.5) is 0 Å². The van der Waals surface area contributed by atoms with Crippen LogP contribution in [-0.4, -0.2) is 25.3 Å². The minimum Gasteiger partial charge on any atom is -0.493 e. The molecule has 2 aliphatic rings. The normalized spacial score (nSPS) is 24.2. The van der Waals surface area contributed by atoms with Gasteiger partial charge in [0.25, 0.3) is 0 Å². The van der Waals surface area contributed by atoms with Crippen molar-refractivity contribution in [1.29, 1.82) is 0 Å². The molecule has 4 rings (SSSR count). The Hall–Kier alpha value is -1.62. The molecule has 0 spiro atoms. The second-order valence-corrected chi connectivity index (χ2v) is 6.95. The predicted molar refractivity (Wildman–Crippen MR) is 82.4 cm³/mol. The van der Waals surface area contributed by atoms with Gasteiger partial charge in [-0.15, -0.1) is 11.8 Å². The van der Waals surface area contributed by atoms with Gasteiger partial charge in [0, 0.05) is 29.1 Å². The van der Waals surface area contributed by atoms with E-state index >= 15 is 0 Å². The maximum absolute atomic E-state index is 10.4. The van der Waals surface area contributed by atoms with E-state index in [9.17, 15) is 5.11 Å². The van der Waals surface area contributed by atoms with Gasteiger partial charge in [-0.1, -0.05) is 19.3 Å². The topological polar surface area (TPSA) is 58.9 Å². The summed E-state index contributed by atoms with van der Waals surface area (Å²) in [6, 6.07) is 3.75. The summed E-state index contributed by atoms with van der Waals surface area (Å²) in [7, 11) is 0. The van der Waals surface area contributed by atoms with Gasteiger partial charge >= 0.3 is 0 Å². The average molecular weight is 299 g/mol. The summed E-state index contributed by atoms with van der Waals surface area (Å²) in [4.78, 5) is 13.1. The summed E-state index contributed by atoms with van der Waals surface area (Å²) < 4.78 is 0. The Bertz CT molecular complexity index is 662. The molecule has 0 bridgehead atoms. The number of nitrogens with zero attached hydrogens (tertiary/aromatic N) is 3. The van der Waals surface area contributed by atoms with Crippen LogP contribution in [0.15, 0.2) is 29.6 Å². The molecule has 0 saturated heterocycles. The van der Waals surface area contributed by atoms with Crippen LogP contribution in [0.5, 0.6) is 5.88 Å². The fraction of sp³-hybridized carbons (Fsp3) is 0.438. The molecule has 1 aliphatic heterocycles. The molecule has 0 radical (unpaired) electrons. The predicted octanol–water partition coefficient (Wildman–Crippen LogP) is 3.77. The molecular weight excluding hydrogens is 282 g/mol. The zero-order valence-corrected chi connectivity index (χ0v) is 12.5. The monoisotopic (exact) mass is 299 g/mol. The molecule has 1 aliphatic carbocycles. The summed E-state index contributed by atoms with van der Waals surface area (Å²) in [6.45, 7) is 0. The molecule has 2 aromatic rings. The minimum atomic E-state index is 0.175. The summed E-state index contributed by atoms with van der Waals surface area (Å²) in [5.74, 6) is 1.20. The Morgan fingerprint density at radius 3 is 2.71 bits per heavy atom. The van der Waals surface area contributed by atoms with E-state index in [1.54, 1.807) is 12.4 Å². The summed E-state index contributed by atoms with van der Waals surface area (Å²) >= 11 is 1.83. The van der Waals surface area contributed by atoms with E-state index in [4.69, 9.17) is 4.98 Å². The molecule has 0 aromatic carbocycles. The molecule has 4 nitrogen and oxygen atoms in total. The van der Waals surface area contributed by atoms with Crippen molar-refractivity contribution in [3.8, 4) is 17.3 Å². The number of aromatic hydroxyl groups is 1. The molecule has 1 fully saturated rings. The molecule has 1 N–H and O–H groups in total. The van der Waals surface area contributed by atoms with Crippen LogP contribution in [0.3, 0.4) is 0 Å². The molecule has 2 unspecified atom stereocenters. The lowest BCUT2D eigenvalue weighted by Crippen LogP contribution is -2.08. The van der Waals surface area contributed by atoms with Crippen molar-refractivity contribution >= 4 is 11.8 Å². The summed E-state index contributed by atoms with van der Waals surface area (Å²) in [5, 5.41) is 12.0. The lowest BCUT2D eigenvalue weighted by atomic mass is 9.93. The third-order valence-electron chi connectivity index (χ3n) is 4.42. The van der Waals surface area contributed by atoms with Gasteiger partial charge < -0.3 is 5.11 Å². The van der Waals surface area contributed by atoms with Crippen molar-refractivity contribution in [2.75, 3.05) is 0 Å². The third-order valence-corrected chi connectivity index (χ3v) is 5.82. The van der Waals surface area contributed by atoms with Crippen molar-refractivity contribution in [2.45, 2.75) is 48.3 Å². The Morgan fingerprint density at radius 1 is 1.05 bits per heavy atom. The zero-order chi connectivity index (χ0) is 14.2. The van der Waals surface area contributed by atoms with E-state index in [2.05, 4.69) is 9.97 Å². The van der Waals surface area contributed by atoms with Gasteiger partial charge in [0.2, 0.25) is 5.88 Å². The highest BCUT2D eigenvalue weighted by atomic mass is 32.2. The fourth-order valence-electron chi connectivity index (χ4n) is 3.37. The number of rotatable bonds is 1. The van der Waals surface area contributed by atoms with Crippen molar-refractivity contribution in [3.05, 3.63) is 30.1 Å². The van der Waals surface area contributed by atoms with E-state index in [-0.39, 0.29) is 5.88 Å². The number of thioether (sulfide) groups is 1. The Morgan fingerprint density at radius 2 is 1.86 bits per heavy atom. The summed E-state index contributed by atoms with van der Waals surface area (Å²) in [5.41, 5.74) is 1.89. The molecule has 5 heteroatoms. The lowest BCUT2D eigenvalue weighted by molar-refractivity contribution is 0.431. The highest BCUT2D eigenvalue weighted by molar-refractivity contribution is 8.00. The van der Waals surface area contributed by atoms with Crippen LogP contribution in [0.1, 0.15) is 43.6 Å². The maximum Gasteiger partial charge on any atom is 0.219 e. The van der Waals surface area contributed by atoms with Crippen LogP contribution in [0.25, 0.3) is 11.4 Å². The molecular formula is C16H17N3OS. The van der Waals surface area contributed by atoms with E-state index in [0.717, 1.165) is 22.6 Å². The van der Waals surface area contributed by atoms with Gasteiger partial charge in [-0.2, -0.15) is 4.98 Å². The number of hydrogen-bond donors (Lipinski definition) is 1. The number of hydrogen-bond acceptors (Lipinski definition) is 5. The van der Waals surface area contributed by atoms with Gasteiger partial charge in [0.05, 0.1) is 5.56 Å². The molecule has 2 aromatic heterocycles. The number of aromatic nitrogens is 3. The SMILES string of the molecule is Oc1nc(-c2ccncc2)nc2c1C1CCCCCC1S2. The summed E-state index contributed by atoms with van der Waals surface area (Å²) in [6.07, 6.45) is 9.64. The first-order valence-corrected chi connectivity index (χ1v) is 8.39. The molecule has 3 heterocycles. The molecule has 1 saturated carbocycles. The van der Waals surface area contributed by atoms with E-state index in [1.807, 2.05) is 23.9 Å². The smallest absolute Gasteiger partial charge is 0.219 e. The van der Waals surface area contributed by atoms with Gasteiger partial charge in [-0.25, -0.2) is 4.98 Å². The van der Waals surface area contributed by atoms with Crippen LogP contribution in [-0.2, 0) is 0 Å². The molecule has 21 heavy (non-hydrogen) atoms. The standard InChI is InChI=1S/C16H17N3OS/c20-15-13-11-4-2-1-3-5-12(11)21-16(13)19-14(18-15)10-6-8-17-9-7-10/h6-9,11-12H,1-5H2,(H,18,19,20). The van der Waals surface area contributed by atoms with Gasteiger partial charge in [0.1, 0.15) is 5.03 Å². The van der Waals surface area contributed by atoms with Crippen LogP contribution in [0, 0.1) is 0 Å². The average Bonchev–Trinajstić information content (AvgIpc) is 2.71. The van der Waals surface area contributed by atoms with Crippen LogP contribution in [0.2, 0.25) is 0 Å². The minimum absolute atomic E-state index is 0.175. The van der Waals surface area contributed by atoms with E-state index in [0.29, 0.717) is 17.0 Å². The molecule has 0 amide bonds.